The molecule has 1 amide bonds. The van der Waals surface area contributed by atoms with Crippen molar-refractivity contribution in [3.05, 3.63) is 22.4 Å². The van der Waals surface area contributed by atoms with E-state index >= 15 is 0 Å². The standard InChI is InChI=1S/C16H25BrN2O/c1-3-9-19-11-13(17)10-15(19)16(20)18-14-7-5-12(4-2)6-8-14/h10-12,14H,3-9H2,1-2H3,(H,18,20). The number of rotatable bonds is 5. The molecule has 1 saturated carbocycles. The van der Waals surface area contributed by atoms with Gasteiger partial charge in [-0.1, -0.05) is 20.3 Å². The molecule has 112 valence electrons. The number of hydrogen-bond donors (Lipinski definition) is 1. The number of aryl methyl sites for hydroxylation is 1. The van der Waals surface area contributed by atoms with E-state index in [1.54, 1.807) is 0 Å². The minimum absolute atomic E-state index is 0.0732. The lowest BCUT2D eigenvalue weighted by Crippen LogP contribution is -2.38. The monoisotopic (exact) mass is 340 g/mol. The highest BCUT2D eigenvalue weighted by Crippen LogP contribution is 2.26. The fourth-order valence-electron chi connectivity index (χ4n) is 3.07. The Morgan fingerprint density at radius 3 is 2.65 bits per heavy atom. The van der Waals surface area contributed by atoms with E-state index in [2.05, 4.69) is 35.1 Å². The molecule has 1 heterocycles. The van der Waals surface area contributed by atoms with Crippen molar-refractivity contribution >= 4 is 21.8 Å². The van der Waals surface area contributed by atoms with Crippen molar-refractivity contribution in [1.82, 2.24) is 9.88 Å². The highest BCUT2D eigenvalue weighted by Gasteiger charge is 2.22. The van der Waals surface area contributed by atoms with Crippen molar-refractivity contribution in [3.63, 3.8) is 0 Å². The van der Waals surface area contributed by atoms with Crippen LogP contribution in [0.2, 0.25) is 0 Å². The van der Waals surface area contributed by atoms with Gasteiger partial charge in [-0.2, -0.15) is 0 Å². The van der Waals surface area contributed by atoms with E-state index in [-0.39, 0.29) is 5.91 Å². The van der Waals surface area contributed by atoms with Crippen molar-refractivity contribution < 1.29 is 4.79 Å². The second-order valence-corrected chi connectivity index (χ2v) is 6.75. The summed E-state index contributed by atoms with van der Waals surface area (Å²) in [4.78, 5) is 12.4. The number of carbonyl (C=O) groups is 1. The van der Waals surface area contributed by atoms with Gasteiger partial charge >= 0.3 is 0 Å². The quantitative estimate of drug-likeness (QED) is 0.848. The SMILES string of the molecule is CCCn1cc(Br)cc1C(=O)NC1CCC(CC)CC1. The van der Waals surface area contributed by atoms with Gasteiger partial charge in [-0.05, 0) is 60.0 Å². The second kappa shape index (κ2) is 7.30. The van der Waals surface area contributed by atoms with E-state index in [0.29, 0.717) is 6.04 Å². The van der Waals surface area contributed by atoms with Crippen molar-refractivity contribution in [1.29, 1.82) is 0 Å². The summed E-state index contributed by atoms with van der Waals surface area (Å²) in [6.07, 6.45) is 9.05. The van der Waals surface area contributed by atoms with Crippen molar-refractivity contribution in [3.8, 4) is 0 Å². The van der Waals surface area contributed by atoms with Crippen LogP contribution in [0.4, 0.5) is 0 Å². The molecule has 1 aromatic rings. The highest BCUT2D eigenvalue weighted by molar-refractivity contribution is 9.10. The summed E-state index contributed by atoms with van der Waals surface area (Å²) in [5.74, 6) is 0.936. The van der Waals surface area contributed by atoms with E-state index in [1.807, 2.05) is 16.8 Å². The molecule has 0 saturated heterocycles. The first-order valence-electron chi connectivity index (χ1n) is 7.80. The minimum Gasteiger partial charge on any atom is -0.348 e. The number of halogens is 1. The molecule has 20 heavy (non-hydrogen) atoms. The Bertz CT molecular complexity index is 447. The van der Waals surface area contributed by atoms with Crippen molar-refractivity contribution in [2.24, 2.45) is 5.92 Å². The number of amides is 1. The lowest BCUT2D eigenvalue weighted by atomic mass is 9.84. The molecule has 1 aliphatic carbocycles. The third kappa shape index (κ3) is 3.87. The summed E-state index contributed by atoms with van der Waals surface area (Å²) in [7, 11) is 0. The van der Waals surface area contributed by atoms with Gasteiger partial charge in [0, 0.05) is 23.3 Å². The van der Waals surface area contributed by atoms with Crippen LogP contribution in [-0.2, 0) is 6.54 Å². The predicted octanol–water partition coefficient (Wildman–Crippen LogP) is 4.36. The number of hydrogen-bond acceptors (Lipinski definition) is 1. The van der Waals surface area contributed by atoms with E-state index in [1.165, 1.54) is 19.3 Å². The van der Waals surface area contributed by atoms with Crippen LogP contribution in [0.3, 0.4) is 0 Å². The van der Waals surface area contributed by atoms with Crippen molar-refractivity contribution in [2.75, 3.05) is 0 Å². The fourth-order valence-corrected chi connectivity index (χ4v) is 3.53. The Hall–Kier alpha value is -0.770. The molecule has 2 rings (SSSR count). The molecule has 0 bridgehead atoms. The summed E-state index contributed by atoms with van der Waals surface area (Å²) in [6, 6.07) is 2.27. The maximum atomic E-state index is 12.4. The van der Waals surface area contributed by atoms with Gasteiger partial charge in [-0.25, -0.2) is 0 Å². The Kier molecular flexibility index (Phi) is 5.70. The molecule has 0 atom stereocenters. The molecule has 0 aliphatic heterocycles. The van der Waals surface area contributed by atoms with Gasteiger partial charge in [-0.3, -0.25) is 4.79 Å². The Balaban J connectivity index is 1.95. The number of aromatic nitrogens is 1. The van der Waals surface area contributed by atoms with Crippen LogP contribution in [0.1, 0.15) is 62.9 Å². The summed E-state index contributed by atoms with van der Waals surface area (Å²) < 4.78 is 3.02. The van der Waals surface area contributed by atoms with Crippen LogP contribution < -0.4 is 5.32 Å². The van der Waals surface area contributed by atoms with Crippen LogP contribution in [0, 0.1) is 5.92 Å². The van der Waals surface area contributed by atoms with Crippen LogP contribution >= 0.6 is 15.9 Å². The summed E-state index contributed by atoms with van der Waals surface area (Å²) in [6.45, 7) is 5.28. The van der Waals surface area contributed by atoms with E-state index in [0.717, 1.165) is 41.9 Å². The normalized spacial score (nSPS) is 22.8. The summed E-state index contributed by atoms with van der Waals surface area (Å²) in [5.41, 5.74) is 0.774. The molecule has 0 unspecified atom stereocenters. The number of nitrogens with zero attached hydrogens (tertiary/aromatic N) is 1. The van der Waals surface area contributed by atoms with E-state index in [9.17, 15) is 4.79 Å². The first-order valence-corrected chi connectivity index (χ1v) is 8.59. The maximum absolute atomic E-state index is 12.4. The second-order valence-electron chi connectivity index (χ2n) is 5.84. The molecule has 4 heteroatoms. The van der Waals surface area contributed by atoms with Gasteiger partial charge in [0.1, 0.15) is 5.69 Å². The Morgan fingerprint density at radius 1 is 1.35 bits per heavy atom. The highest BCUT2D eigenvalue weighted by atomic mass is 79.9. The molecule has 0 spiro atoms. The summed E-state index contributed by atoms with van der Waals surface area (Å²) in [5, 5.41) is 3.21. The first kappa shape index (κ1) is 15.6. The van der Waals surface area contributed by atoms with Crippen LogP contribution in [0.5, 0.6) is 0 Å². The molecule has 1 aromatic heterocycles. The molecule has 3 nitrogen and oxygen atoms in total. The van der Waals surface area contributed by atoms with Gasteiger partial charge in [0.2, 0.25) is 0 Å². The third-order valence-electron chi connectivity index (χ3n) is 4.32. The molecule has 1 N–H and O–H groups in total. The Morgan fingerprint density at radius 2 is 2.05 bits per heavy atom. The molecular formula is C16H25BrN2O. The van der Waals surface area contributed by atoms with Crippen LogP contribution in [-0.4, -0.2) is 16.5 Å². The molecule has 1 fully saturated rings. The minimum atomic E-state index is 0.0732. The average molecular weight is 341 g/mol. The van der Waals surface area contributed by atoms with Crippen molar-refractivity contribution in [2.45, 2.75) is 65.0 Å². The molecule has 0 radical (unpaired) electrons. The lowest BCUT2D eigenvalue weighted by molar-refractivity contribution is 0.0912. The topological polar surface area (TPSA) is 34.0 Å². The Labute approximate surface area is 130 Å². The first-order chi connectivity index (χ1) is 9.63. The van der Waals surface area contributed by atoms with Crippen LogP contribution in [0.15, 0.2) is 16.7 Å². The zero-order valence-corrected chi connectivity index (χ0v) is 14.1. The maximum Gasteiger partial charge on any atom is 0.268 e. The van der Waals surface area contributed by atoms with Crippen LogP contribution in [0.25, 0.3) is 0 Å². The van der Waals surface area contributed by atoms with Gasteiger partial charge in [0.25, 0.3) is 5.91 Å². The third-order valence-corrected chi connectivity index (χ3v) is 4.75. The zero-order valence-electron chi connectivity index (χ0n) is 12.5. The zero-order chi connectivity index (χ0) is 14.5. The summed E-state index contributed by atoms with van der Waals surface area (Å²) >= 11 is 3.46. The average Bonchev–Trinajstić information content (AvgIpc) is 2.81. The molecular weight excluding hydrogens is 316 g/mol. The van der Waals surface area contributed by atoms with Gasteiger partial charge in [0.05, 0.1) is 0 Å². The number of nitrogens with one attached hydrogen (secondary N) is 1. The smallest absolute Gasteiger partial charge is 0.268 e. The lowest BCUT2D eigenvalue weighted by Gasteiger charge is -2.28. The fraction of sp³-hybridized carbons (Fsp3) is 0.688. The largest absolute Gasteiger partial charge is 0.348 e. The van der Waals surface area contributed by atoms with E-state index < -0.39 is 0 Å². The predicted molar refractivity (Wildman–Crippen MR) is 85.9 cm³/mol. The van der Waals surface area contributed by atoms with Gasteiger partial charge in [-0.15, -0.1) is 0 Å². The molecule has 0 aromatic carbocycles. The van der Waals surface area contributed by atoms with E-state index in [4.69, 9.17) is 0 Å². The van der Waals surface area contributed by atoms with Gasteiger partial charge in [0.15, 0.2) is 0 Å². The molecule has 1 aliphatic rings. The van der Waals surface area contributed by atoms with Gasteiger partial charge < -0.3 is 9.88 Å². The number of carbonyl (C=O) groups excluding carboxylic acids is 1.